The molecule has 0 saturated carbocycles. The third-order valence-electron chi connectivity index (χ3n) is 1.65. The van der Waals surface area contributed by atoms with E-state index in [0.717, 1.165) is 21.7 Å². The van der Waals surface area contributed by atoms with Gasteiger partial charge in [-0.1, -0.05) is 22.0 Å². The highest BCUT2D eigenvalue weighted by molar-refractivity contribution is 9.10. The van der Waals surface area contributed by atoms with E-state index >= 15 is 0 Å². The van der Waals surface area contributed by atoms with Crippen LogP contribution in [0.1, 0.15) is 11.1 Å². The van der Waals surface area contributed by atoms with E-state index in [2.05, 4.69) is 15.9 Å². The molecule has 3 heteroatoms. The van der Waals surface area contributed by atoms with Gasteiger partial charge in [0.1, 0.15) is 0 Å². The Morgan fingerprint density at radius 3 is 2.85 bits per heavy atom. The van der Waals surface area contributed by atoms with Crippen LogP contribution in [0.3, 0.4) is 0 Å². The number of rotatable bonds is 2. The van der Waals surface area contributed by atoms with Gasteiger partial charge in [0.25, 0.3) is 0 Å². The molecule has 0 heterocycles. The SMILES string of the molecule is Cc1ccc(Br)cc1C=CC(=O)O. The molecule has 68 valence electrons. The topological polar surface area (TPSA) is 37.3 Å². The number of aryl methyl sites for hydroxylation is 1. The summed E-state index contributed by atoms with van der Waals surface area (Å²) in [6.07, 6.45) is 2.72. The molecular formula is C10H9BrO2. The van der Waals surface area contributed by atoms with Crippen LogP contribution in [0.4, 0.5) is 0 Å². The van der Waals surface area contributed by atoms with Crippen LogP contribution in [0, 0.1) is 6.92 Å². The molecule has 0 aromatic heterocycles. The van der Waals surface area contributed by atoms with Gasteiger partial charge < -0.3 is 5.11 Å². The van der Waals surface area contributed by atoms with E-state index in [1.54, 1.807) is 6.08 Å². The van der Waals surface area contributed by atoms with E-state index in [1.165, 1.54) is 0 Å². The Labute approximate surface area is 85.0 Å². The van der Waals surface area contributed by atoms with Crippen molar-refractivity contribution in [3.63, 3.8) is 0 Å². The second kappa shape index (κ2) is 4.23. The van der Waals surface area contributed by atoms with Crippen LogP contribution in [0.15, 0.2) is 28.7 Å². The molecule has 0 atom stereocenters. The first-order chi connectivity index (χ1) is 6.09. The predicted molar refractivity (Wildman–Crippen MR) is 55.5 cm³/mol. The molecule has 0 radical (unpaired) electrons. The molecular weight excluding hydrogens is 232 g/mol. The van der Waals surface area contributed by atoms with Gasteiger partial charge in [-0.05, 0) is 36.3 Å². The minimum atomic E-state index is -0.931. The van der Waals surface area contributed by atoms with Crippen LogP contribution in [0.2, 0.25) is 0 Å². The lowest BCUT2D eigenvalue weighted by Gasteiger charge is -1.99. The van der Waals surface area contributed by atoms with Crippen LogP contribution < -0.4 is 0 Å². The number of benzene rings is 1. The third kappa shape index (κ3) is 3.03. The maximum Gasteiger partial charge on any atom is 0.328 e. The molecule has 1 N–H and O–H groups in total. The van der Waals surface area contributed by atoms with Crippen LogP contribution in [-0.4, -0.2) is 11.1 Å². The summed E-state index contributed by atoms with van der Waals surface area (Å²) in [6, 6.07) is 5.74. The zero-order valence-corrected chi connectivity index (χ0v) is 8.71. The number of carboxylic acid groups (broad SMARTS) is 1. The maximum absolute atomic E-state index is 10.3. The van der Waals surface area contributed by atoms with Gasteiger partial charge in [-0.2, -0.15) is 0 Å². The van der Waals surface area contributed by atoms with Crippen molar-refractivity contribution in [1.29, 1.82) is 0 Å². The Morgan fingerprint density at radius 1 is 1.54 bits per heavy atom. The fourth-order valence-electron chi connectivity index (χ4n) is 0.952. The molecule has 1 aromatic carbocycles. The summed E-state index contributed by atoms with van der Waals surface area (Å²) in [6.45, 7) is 1.94. The maximum atomic E-state index is 10.3. The lowest BCUT2D eigenvalue weighted by molar-refractivity contribution is -0.131. The average Bonchev–Trinajstić information content (AvgIpc) is 2.06. The molecule has 0 aliphatic rings. The van der Waals surface area contributed by atoms with Crippen molar-refractivity contribution in [2.75, 3.05) is 0 Å². The molecule has 1 aromatic rings. The zero-order chi connectivity index (χ0) is 9.84. The van der Waals surface area contributed by atoms with E-state index in [4.69, 9.17) is 5.11 Å². The number of halogens is 1. The largest absolute Gasteiger partial charge is 0.478 e. The second-order valence-corrected chi connectivity index (χ2v) is 3.59. The van der Waals surface area contributed by atoms with Gasteiger partial charge in [0.2, 0.25) is 0 Å². The van der Waals surface area contributed by atoms with Gasteiger partial charge in [-0.3, -0.25) is 0 Å². The molecule has 0 spiro atoms. The number of hydrogen-bond acceptors (Lipinski definition) is 1. The van der Waals surface area contributed by atoms with Crippen molar-refractivity contribution < 1.29 is 9.90 Å². The fourth-order valence-corrected chi connectivity index (χ4v) is 1.33. The Hall–Kier alpha value is -1.09. The van der Waals surface area contributed by atoms with Gasteiger partial charge in [0, 0.05) is 10.5 Å². The Bertz CT molecular complexity index is 356. The summed E-state index contributed by atoms with van der Waals surface area (Å²) in [5.74, 6) is -0.931. The first-order valence-electron chi connectivity index (χ1n) is 3.77. The smallest absolute Gasteiger partial charge is 0.328 e. The van der Waals surface area contributed by atoms with Gasteiger partial charge >= 0.3 is 5.97 Å². The Balaban J connectivity index is 3.00. The predicted octanol–water partition coefficient (Wildman–Crippen LogP) is 2.86. The highest BCUT2D eigenvalue weighted by Crippen LogP contribution is 2.16. The minimum absolute atomic E-state index is 0.914. The molecule has 0 amide bonds. The van der Waals surface area contributed by atoms with Gasteiger partial charge in [-0.15, -0.1) is 0 Å². The molecule has 0 saturated heterocycles. The molecule has 0 aliphatic carbocycles. The van der Waals surface area contributed by atoms with E-state index < -0.39 is 5.97 Å². The summed E-state index contributed by atoms with van der Waals surface area (Å²) in [5.41, 5.74) is 1.97. The molecule has 0 unspecified atom stereocenters. The lowest BCUT2D eigenvalue weighted by atomic mass is 10.1. The van der Waals surface area contributed by atoms with Gasteiger partial charge in [0.05, 0.1) is 0 Å². The summed E-state index contributed by atoms with van der Waals surface area (Å²) < 4.78 is 0.947. The van der Waals surface area contributed by atoms with Crippen molar-refractivity contribution >= 4 is 28.0 Å². The van der Waals surface area contributed by atoms with Crippen molar-refractivity contribution in [2.45, 2.75) is 6.92 Å². The van der Waals surface area contributed by atoms with E-state index in [0.29, 0.717) is 0 Å². The summed E-state index contributed by atoms with van der Waals surface area (Å²) in [4.78, 5) is 10.3. The quantitative estimate of drug-likeness (QED) is 0.808. The number of hydrogen-bond donors (Lipinski definition) is 1. The molecule has 2 nitrogen and oxygen atoms in total. The summed E-state index contributed by atoms with van der Waals surface area (Å²) in [5, 5.41) is 8.44. The Kier molecular flexibility index (Phi) is 3.25. The van der Waals surface area contributed by atoms with Gasteiger partial charge in [0.15, 0.2) is 0 Å². The highest BCUT2D eigenvalue weighted by atomic mass is 79.9. The Morgan fingerprint density at radius 2 is 2.23 bits per heavy atom. The first-order valence-corrected chi connectivity index (χ1v) is 4.56. The molecule has 13 heavy (non-hydrogen) atoms. The van der Waals surface area contributed by atoms with Crippen LogP contribution >= 0.6 is 15.9 Å². The fraction of sp³-hybridized carbons (Fsp3) is 0.100. The highest BCUT2D eigenvalue weighted by Gasteiger charge is 1.95. The lowest BCUT2D eigenvalue weighted by Crippen LogP contribution is -1.87. The minimum Gasteiger partial charge on any atom is -0.478 e. The van der Waals surface area contributed by atoms with Crippen LogP contribution in [0.25, 0.3) is 6.08 Å². The summed E-state index contributed by atoms with van der Waals surface area (Å²) in [7, 11) is 0. The molecule has 1 rings (SSSR count). The van der Waals surface area contributed by atoms with Crippen LogP contribution in [0.5, 0.6) is 0 Å². The molecule has 0 bridgehead atoms. The van der Waals surface area contributed by atoms with Crippen molar-refractivity contribution in [1.82, 2.24) is 0 Å². The van der Waals surface area contributed by atoms with Crippen molar-refractivity contribution in [3.8, 4) is 0 Å². The number of carboxylic acids is 1. The van der Waals surface area contributed by atoms with Crippen LogP contribution in [-0.2, 0) is 4.79 Å². The van der Waals surface area contributed by atoms with Crippen molar-refractivity contribution in [2.24, 2.45) is 0 Å². The molecule has 0 aliphatic heterocycles. The second-order valence-electron chi connectivity index (χ2n) is 2.67. The summed E-state index contributed by atoms with van der Waals surface area (Å²) >= 11 is 3.32. The van der Waals surface area contributed by atoms with Gasteiger partial charge in [-0.25, -0.2) is 4.79 Å². The first kappa shape index (κ1) is 9.99. The molecule has 0 fully saturated rings. The standard InChI is InChI=1S/C10H9BrO2/c1-7-2-4-9(11)6-8(7)3-5-10(12)13/h2-6H,1H3,(H,12,13). The van der Waals surface area contributed by atoms with E-state index in [1.807, 2.05) is 25.1 Å². The number of aliphatic carboxylic acids is 1. The van der Waals surface area contributed by atoms with E-state index in [9.17, 15) is 4.79 Å². The normalized spacial score (nSPS) is 10.6. The van der Waals surface area contributed by atoms with Crippen molar-refractivity contribution in [3.05, 3.63) is 39.9 Å². The zero-order valence-electron chi connectivity index (χ0n) is 7.12. The third-order valence-corrected chi connectivity index (χ3v) is 2.14. The monoisotopic (exact) mass is 240 g/mol. The number of carbonyl (C=O) groups is 1. The average molecular weight is 241 g/mol. The van der Waals surface area contributed by atoms with E-state index in [-0.39, 0.29) is 0 Å².